The van der Waals surface area contributed by atoms with Crippen LogP contribution in [0, 0.1) is 28.4 Å². The van der Waals surface area contributed by atoms with Crippen molar-refractivity contribution in [3.63, 3.8) is 0 Å². The minimum absolute atomic E-state index is 0.0132. The van der Waals surface area contributed by atoms with E-state index in [2.05, 4.69) is 16.7 Å². The Labute approximate surface area is 247 Å². The topological polar surface area (TPSA) is 91.2 Å². The second-order valence-electron chi connectivity index (χ2n) is 11.3. The first kappa shape index (κ1) is 30.4. The zero-order valence-corrected chi connectivity index (χ0v) is 24.4. The number of methoxy groups -OCH3 is 1. The number of carbonyl (C=O) groups excluding carboxylic acids is 2. The van der Waals surface area contributed by atoms with Gasteiger partial charge in [0.1, 0.15) is 29.1 Å². The lowest BCUT2D eigenvalue weighted by molar-refractivity contribution is -0.118. The molecule has 1 fully saturated rings. The van der Waals surface area contributed by atoms with Gasteiger partial charge in [0.05, 0.1) is 29.9 Å². The fraction of sp³-hybridized carbons (Fsp3) is 0.323. The molecule has 0 aromatic heterocycles. The maximum Gasteiger partial charge on any atom is 0.242 e. The molecule has 214 valence electrons. The number of hydrogen-bond donors (Lipinski definition) is 2. The molecule has 0 saturated carbocycles. The summed E-state index contributed by atoms with van der Waals surface area (Å²) in [7, 11) is 1.39. The maximum atomic E-state index is 15.8. The molecule has 3 aromatic carbocycles. The summed E-state index contributed by atoms with van der Waals surface area (Å²) in [4.78, 5) is 25.3. The van der Waals surface area contributed by atoms with Crippen molar-refractivity contribution in [3.05, 3.63) is 93.0 Å². The van der Waals surface area contributed by atoms with Gasteiger partial charge in [-0.05, 0) is 53.8 Å². The van der Waals surface area contributed by atoms with Gasteiger partial charge in [0.15, 0.2) is 0 Å². The average Bonchev–Trinajstić information content (AvgIpc) is 3.23. The van der Waals surface area contributed by atoms with Gasteiger partial charge in [-0.25, -0.2) is 8.78 Å². The van der Waals surface area contributed by atoms with Crippen LogP contribution in [0.3, 0.4) is 0 Å². The SMILES string of the molecule is COc1cc(C=O)ccc1NC(=O)[C@@H]1N[C@@H](CC(C)(C)C)[C@](C#N)(c2ccc(Cl)cc2F)[C@H]1c1cccc(Cl)c1F. The predicted molar refractivity (Wildman–Crippen MR) is 155 cm³/mol. The lowest BCUT2D eigenvalue weighted by Crippen LogP contribution is -2.45. The molecular weight excluding hydrogens is 571 g/mol. The number of hydrogen-bond acceptors (Lipinski definition) is 5. The Morgan fingerprint density at radius 3 is 2.51 bits per heavy atom. The van der Waals surface area contributed by atoms with E-state index in [0.717, 1.165) is 6.07 Å². The van der Waals surface area contributed by atoms with Crippen LogP contribution in [-0.2, 0) is 10.2 Å². The van der Waals surface area contributed by atoms with Crippen molar-refractivity contribution >= 4 is 41.1 Å². The molecule has 1 amide bonds. The minimum Gasteiger partial charge on any atom is -0.495 e. The van der Waals surface area contributed by atoms with Gasteiger partial charge in [-0.2, -0.15) is 5.26 Å². The molecular formula is C31H29Cl2F2N3O3. The van der Waals surface area contributed by atoms with Gasteiger partial charge in [0.25, 0.3) is 0 Å². The van der Waals surface area contributed by atoms with Gasteiger partial charge in [-0.15, -0.1) is 0 Å². The molecule has 4 rings (SSSR count). The van der Waals surface area contributed by atoms with Gasteiger partial charge in [0.2, 0.25) is 5.91 Å². The van der Waals surface area contributed by atoms with Crippen LogP contribution >= 0.6 is 23.2 Å². The Balaban J connectivity index is 1.96. The standard InChI is InChI=1S/C31H29Cl2F2N3O3/c1-30(2,3)14-25-31(16-36,20-10-9-18(32)13-22(20)34)26(19-6-5-7-21(33)27(19)35)28(38-25)29(40)37-23-11-8-17(15-39)12-24(23)41-4/h5-13,15,25-26,28,38H,14H2,1-4H3,(H,37,40)/t25-,26-,28+,31-/m0/s1. The van der Waals surface area contributed by atoms with Crippen molar-refractivity contribution in [1.82, 2.24) is 5.32 Å². The molecule has 1 aliphatic rings. The van der Waals surface area contributed by atoms with Crippen LogP contribution < -0.4 is 15.4 Å². The van der Waals surface area contributed by atoms with Crippen LogP contribution in [-0.4, -0.2) is 31.4 Å². The smallest absolute Gasteiger partial charge is 0.242 e. The summed E-state index contributed by atoms with van der Waals surface area (Å²) in [6.45, 7) is 5.87. The van der Waals surface area contributed by atoms with Gasteiger partial charge in [-0.3, -0.25) is 9.59 Å². The van der Waals surface area contributed by atoms with Crippen LogP contribution in [0.2, 0.25) is 10.0 Å². The first-order chi connectivity index (χ1) is 19.4. The zero-order chi connectivity index (χ0) is 30.1. The summed E-state index contributed by atoms with van der Waals surface area (Å²) < 4.78 is 36.9. The van der Waals surface area contributed by atoms with Crippen LogP contribution in [0.15, 0.2) is 54.6 Å². The Morgan fingerprint density at radius 1 is 1.17 bits per heavy atom. The molecule has 1 heterocycles. The van der Waals surface area contributed by atoms with E-state index in [4.69, 9.17) is 27.9 Å². The lowest BCUT2D eigenvalue weighted by atomic mass is 9.62. The van der Waals surface area contributed by atoms with Crippen molar-refractivity contribution in [2.45, 2.75) is 50.6 Å². The van der Waals surface area contributed by atoms with Crippen LogP contribution in [0.5, 0.6) is 5.75 Å². The van der Waals surface area contributed by atoms with E-state index in [-0.39, 0.29) is 38.0 Å². The summed E-state index contributed by atoms with van der Waals surface area (Å²) in [6.07, 6.45) is 0.978. The Morgan fingerprint density at radius 2 is 1.90 bits per heavy atom. The molecule has 1 saturated heterocycles. The summed E-state index contributed by atoms with van der Waals surface area (Å²) in [5.74, 6) is -3.16. The molecule has 10 heteroatoms. The molecule has 41 heavy (non-hydrogen) atoms. The molecule has 2 N–H and O–H groups in total. The number of ether oxygens (including phenoxy) is 1. The van der Waals surface area contributed by atoms with Gasteiger partial charge >= 0.3 is 0 Å². The van der Waals surface area contributed by atoms with E-state index >= 15 is 8.78 Å². The number of aldehydes is 1. The van der Waals surface area contributed by atoms with E-state index in [1.165, 1.54) is 55.6 Å². The van der Waals surface area contributed by atoms with Crippen LogP contribution in [0.1, 0.15) is 54.6 Å². The Hall–Kier alpha value is -3.51. The number of nitrogens with zero attached hydrogens (tertiary/aromatic N) is 1. The number of rotatable bonds is 7. The highest BCUT2D eigenvalue weighted by Gasteiger charge is 2.61. The van der Waals surface area contributed by atoms with E-state index in [0.29, 0.717) is 18.3 Å². The van der Waals surface area contributed by atoms with Crippen LogP contribution in [0.25, 0.3) is 0 Å². The molecule has 0 aliphatic carbocycles. The molecule has 0 radical (unpaired) electrons. The number of anilines is 1. The lowest BCUT2D eigenvalue weighted by Gasteiger charge is -2.37. The molecule has 6 nitrogen and oxygen atoms in total. The highest BCUT2D eigenvalue weighted by molar-refractivity contribution is 6.31. The normalized spacial score (nSPS) is 22.2. The highest BCUT2D eigenvalue weighted by atomic mass is 35.5. The van der Waals surface area contributed by atoms with Gasteiger partial charge in [0, 0.05) is 28.1 Å². The van der Waals surface area contributed by atoms with E-state index < -0.39 is 41.0 Å². The van der Waals surface area contributed by atoms with Crippen molar-refractivity contribution < 1.29 is 23.1 Å². The molecule has 0 spiro atoms. The minimum atomic E-state index is -1.75. The number of amides is 1. The number of halogens is 4. The summed E-state index contributed by atoms with van der Waals surface area (Å²) in [5, 5.41) is 16.9. The monoisotopic (exact) mass is 599 g/mol. The third kappa shape index (κ3) is 5.80. The first-order valence-electron chi connectivity index (χ1n) is 12.9. The van der Waals surface area contributed by atoms with Gasteiger partial charge in [-0.1, -0.05) is 62.2 Å². The Kier molecular flexibility index (Phi) is 8.74. The summed E-state index contributed by atoms with van der Waals surface area (Å²) in [6, 6.07) is 13.1. The quantitative estimate of drug-likeness (QED) is 0.284. The second-order valence-corrected chi connectivity index (χ2v) is 12.1. The maximum absolute atomic E-state index is 15.8. The first-order valence-corrected chi connectivity index (χ1v) is 13.6. The van der Waals surface area contributed by atoms with Crippen molar-refractivity contribution in [2.24, 2.45) is 5.41 Å². The predicted octanol–water partition coefficient (Wildman–Crippen LogP) is 7.05. The van der Waals surface area contributed by atoms with E-state index in [9.17, 15) is 14.9 Å². The van der Waals surface area contributed by atoms with Crippen molar-refractivity contribution in [1.29, 1.82) is 5.26 Å². The summed E-state index contributed by atoms with van der Waals surface area (Å²) >= 11 is 12.2. The molecule has 4 atom stereocenters. The zero-order valence-electron chi connectivity index (χ0n) is 22.9. The molecule has 0 unspecified atom stereocenters. The van der Waals surface area contributed by atoms with Crippen molar-refractivity contribution in [2.75, 3.05) is 12.4 Å². The van der Waals surface area contributed by atoms with Crippen molar-refractivity contribution in [3.8, 4) is 11.8 Å². The largest absolute Gasteiger partial charge is 0.495 e. The number of benzene rings is 3. The highest BCUT2D eigenvalue weighted by Crippen LogP contribution is 2.53. The van der Waals surface area contributed by atoms with Gasteiger partial charge < -0.3 is 15.4 Å². The molecule has 0 bridgehead atoms. The van der Waals surface area contributed by atoms with E-state index in [1.807, 2.05) is 20.8 Å². The molecule has 1 aliphatic heterocycles. The number of nitriles is 1. The summed E-state index contributed by atoms with van der Waals surface area (Å²) in [5.41, 5.74) is -1.56. The second kappa shape index (κ2) is 11.8. The number of nitrogens with one attached hydrogen (secondary N) is 2. The fourth-order valence-electron chi connectivity index (χ4n) is 5.65. The van der Waals surface area contributed by atoms with Crippen LogP contribution in [0.4, 0.5) is 14.5 Å². The molecule has 3 aromatic rings. The Bertz CT molecular complexity index is 1540. The third-order valence-corrected chi connectivity index (χ3v) is 7.88. The number of carbonyl (C=O) groups is 2. The third-order valence-electron chi connectivity index (χ3n) is 7.35. The fourth-order valence-corrected chi connectivity index (χ4v) is 5.99. The average molecular weight is 600 g/mol. The van der Waals surface area contributed by atoms with E-state index in [1.54, 1.807) is 0 Å².